The predicted octanol–water partition coefficient (Wildman–Crippen LogP) is 4.34. The third-order valence-corrected chi connectivity index (χ3v) is 4.27. The molecule has 1 aliphatic carbocycles. The standard InChI is InChI=1S/C15H27N/c1-13-10-11-16(14(2)12-13)15-8-6-4-3-5-7-9-15/h8,13-14H,3-7,9-12H2,1-2H3/b15-8+. The third-order valence-electron chi connectivity index (χ3n) is 4.27. The van der Waals surface area contributed by atoms with Crippen LogP contribution in [0.3, 0.4) is 0 Å². The van der Waals surface area contributed by atoms with Gasteiger partial charge < -0.3 is 4.90 Å². The van der Waals surface area contributed by atoms with E-state index in [2.05, 4.69) is 24.8 Å². The smallest absolute Gasteiger partial charge is 0.0261 e. The minimum atomic E-state index is 0.773. The van der Waals surface area contributed by atoms with Gasteiger partial charge in [0.2, 0.25) is 0 Å². The van der Waals surface area contributed by atoms with Crippen LogP contribution in [0.1, 0.15) is 65.2 Å². The van der Waals surface area contributed by atoms with E-state index in [1.165, 1.54) is 57.9 Å². The van der Waals surface area contributed by atoms with Crippen LogP contribution >= 0.6 is 0 Å². The highest BCUT2D eigenvalue weighted by atomic mass is 15.2. The highest BCUT2D eigenvalue weighted by molar-refractivity contribution is 5.05. The number of likely N-dealkylation sites (tertiary alicyclic amines) is 1. The highest BCUT2D eigenvalue weighted by Gasteiger charge is 2.24. The number of hydrogen-bond acceptors (Lipinski definition) is 1. The van der Waals surface area contributed by atoms with Gasteiger partial charge in [-0.25, -0.2) is 0 Å². The number of hydrogen-bond donors (Lipinski definition) is 0. The zero-order valence-corrected chi connectivity index (χ0v) is 11.0. The van der Waals surface area contributed by atoms with E-state index in [-0.39, 0.29) is 0 Å². The molecule has 0 bridgehead atoms. The minimum Gasteiger partial charge on any atom is -0.372 e. The maximum absolute atomic E-state index is 2.70. The molecule has 0 radical (unpaired) electrons. The number of rotatable bonds is 1. The zero-order chi connectivity index (χ0) is 11.4. The number of allylic oxidation sites excluding steroid dienone is 2. The fourth-order valence-corrected chi connectivity index (χ4v) is 3.27. The lowest BCUT2D eigenvalue weighted by Gasteiger charge is -2.40. The van der Waals surface area contributed by atoms with E-state index in [1.54, 1.807) is 5.70 Å². The maximum Gasteiger partial charge on any atom is 0.0261 e. The van der Waals surface area contributed by atoms with E-state index < -0.39 is 0 Å². The summed E-state index contributed by atoms with van der Waals surface area (Å²) < 4.78 is 0. The van der Waals surface area contributed by atoms with E-state index >= 15 is 0 Å². The third kappa shape index (κ3) is 3.02. The summed E-state index contributed by atoms with van der Waals surface area (Å²) in [6.07, 6.45) is 13.6. The molecule has 1 nitrogen and oxygen atoms in total. The summed E-state index contributed by atoms with van der Waals surface area (Å²) in [5, 5.41) is 0. The molecule has 16 heavy (non-hydrogen) atoms. The van der Waals surface area contributed by atoms with Crippen LogP contribution in [0.2, 0.25) is 0 Å². The molecule has 0 aromatic carbocycles. The van der Waals surface area contributed by atoms with Gasteiger partial charge in [-0.2, -0.15) is 0 Å². The second-order valence-electron chi connectivity index (χ2n) is 5.82. The van der Waals surface area contributed by atoms with Gasteiger partial charge in [0, 0.05) is 18.3 Å². The monoisotopic (exact) mass is 221 g/mol. The van der Waals surface area contributed by atoms with Crippen molar-refractivity contribution in [2.45, 2.75) is 71.3 Å². The van der Waals surface area contributed by atoms with Crippen LogP contribution in [0.5, 0.6) is 0 Å². The molecule has 1 heterocycles. The lowest BCUT2D eigenvalue weighted by atomic mass is 9.91. The first-order valence-corrected chi connectivity index (χ1v) is 7.23. The fraction of sp³-hybridized carbons (Fsp3) is 0.867. The predicted molar refractivity (Wildman–Crippen MR) is 70.4 cm³/mol. The summed E-state index contributed by atoms with van der Waals surface area (Å²) in [7, 11) is 0. The van der Waals surface area contributed by atoms with Crippen molar-refractivity contribution in [2.24, 2.45) is 5.92 Å². The number of piperidine rings is 1. The van der Waals surface area contributed by atoms with Crippen LogP contribution in [-0.2, 0) is 0 Å². The molecule has 2 aliphatic rings. The van der Waals surface area contributed by atoms with Crippen LogP contribution in [0.25, 0.3) is 0 Å². The van der Waals surface area contributed by atoms with E-state index in [1.807, 2.05) is 0 Å². The molecule has 0 N–H and O–H groups in total. The Morgan fingerprint density at radius 2 is 1.94 bits per heavy atom. The Labute approximate surface area is 101 Å². The Hall–Kier alpha value is -0.460. The van der Waals surface area contributed by atoms with Gasteiger partial charge in [0.25, 0.3) is 0 Å². The lowest BCUT2D eigenvalue weighted by Crippen LogP contribution is -2.39. The molecule has 2 atom stereocenters. The van der Waals surface area contributed by atoms with Crippen molar-refractivity contribution in [1.29, 1.82) is 0 Å². The molecule has 1 aliphatic heterocycles. The summed E-state index contributed by atoms with van der Waals surface area (Å²) >= 11 is 0. The van der Waals surface area contributed by atoms with Gasteiger partial charge in [0.1, 0.15) is 0 Å². The van der Waals surface area contributed by atoms with Gasteiger partial charge in [-0.05, 0) is 51.4 Å². The van der Waals surface area contributed by atoms with Crippen molar-refractivity contribution in [1.82, 2.24) is 4.90 Å². The van der Waals surface area contributed by atoms with Crippen LogP contribution in [-0.4, -0.2) is 17.5 Å². The van der Waals surface area contributed by atoms with Crippen LogP contribution < -0.4 is 0 Å². The van der Waals surface area contributed by atoms with Gasteiger partial charge in [-0.3, -0.25) is 0 Å². The Kier molecular flexibility index (Phi) is 4.31. The van der Waals surface area contributed by atoms with Crippen LogP contribution in [0, 0.1) is 5.92 Å². The second kappa shape index (κ2) is 5.75. The highest BCUT2D eigenvalue weighted by Crippen LogP contribution is 2.29. The van der Waals surface area contributed by atoms with Crippen LogP contribution in [0.15, 0.2) is 11.8 Å². The maximum atomic E-state index is 2.70. The molecule has 0 aromatic rings. The Balaban J connectivity index is 1.98. The molecule has 0 spiro atoms. The van der Waals surface area contributed by atoms with Crippen molar-refractivity contribution in [2.75, 3.05) is 6.54 Å². The first-order valence-electron chi connectivity index (χ1n) is 7.23. The van der Waals surface area contributed by atoms with Crippen molar-refractivity contribution < 1.29 is 0 Å². The summed E-state index contributed by atoms with van der Waals surface area (Å²) in [6, 6.07) is 0.773. The molecule has 2 rings (SSSR count). The molecule has 1 fully saturated rings. The van der Waals surface area contributed by atoms with E-state index in [4.69, 9.17) is 0 Å². The van der Waals surface area contributed by atoms with Crippen molar-refractivity contribution in [3.05, 3.63) is 11.8 Å². The lowest BCUT2D eigenvalue weighted by molar-refractivity contribution is 0.162. The van der Waals surface area contributed by atoms with Gasteiger partial charge >= 0.3 is 0 Å². The topological polar surface area (TPSA) is 3.24 Å². The van der Waals surface area contributed by atoms with E-state index in [0.717, 1.165) is 12.0 Å². The molecule has 2 unspecified atom stereocenters. The van der Waals surface area contributed by atoms with E-state index in [9.17, 15) is 0 Å². The molecule has 0 aromatic heterocycles. The van der Waals surface area contributed by atoms with E-state index in [0.29, 0.717) is 0 Å². The minimum absolute atomic E-state index is 0.773. The summed E-state index contributed by atoms with van der Waals surface area (Å²) in [5.41, 5.74) is 1.67. The van der Waals surface area contributed by atoms with Gasteiger partial charge in [-0.1, -0.05) is 25.8 Å². The first kappa shape index (κ1) is 12.0. The average Bonchev–Trinajstić information content (AvgIpc) is 2.19. The van der Waals surface area contributed by atoms with Gasteiger partial charge in [0.15, 0.2) is 0 Å². The Morgan fingerprint density at radius 3 is 2.75 bits per heavy atom. The fourth-order valence-electron chi connectivity index (χ4n) is 3.27. The van der Waals surface area contributed by atoms with Gasteiger partial charge in [0.05, 0.1) is 0 Å². The van der Waals surface area contributed by atoms with Crippen molar-refractivity contribution >= 4 is 0 Å². The van der Waals surface area contributed by atoms with Crippen LogP contribution in [0.4, 0.5) is 0 Å². The SMILES string of the molecule is CC1CCN(/C2=C/CCCCCC2)C(C)C1. The molecule has 0 saturated carbocycles. The molecule has 92 valence electrons. The van der Waals surface area contributed by atoms with Crippen molar-refractivity contribution in [3.8, 4) is 0 Å². The summed E-state index contributed by atoms with van der Waals surface area (Å²) in [6.45, 7) is 6.11. The second-order valence-corrected chi connectivity index (χ2v) is 5.82. The quantitative estimate of drug-likeness (QED) is 0.636. The molecule has 0 amide bonds. The van der Waals surface area contributed by atoms with Crippen molar-refractivity contribution in [3.63, 3.8) is 0 Å². The normalized spacial score (nSPS) is 36.1. The Morgan fingerprint density at radius 1 is 1.12 bits per heavy atom. The largest absolute Gasteiger partial charge is 0.372 e. The molecule has 1 saturated heterocycles. The molecule has 1 heteroatoms. The molecular formula is C15H27N. The average molecular weight is 221 g/mol. The summed E-state index contributed by atoms with van der Waals surface area (Å²) in [4.78, 5) is 2.70. The number of nitrogens with zero attached hydrogens (tertiary/aromatic N) is 1. The first-order chi connectivity index (χ1) is 7.77. The zero-order valence-electron chi connectivity index (χ0n) is 11.0. The Bertz CT molecular complexity index is 244. The summed E-state index contributed by atoms with van der Waals surface area (Å²) in [5.74, 6) is 0.931. The van der Waals surface area contributed by atoms with Gasteiger partial charge in [-0.15, -0.1) is 0 Å². The molecular weight excluding hydrogens is 194 g/mol.